The van der Waals surface area contributed by atoms with Crippen LogP contribution in [0.2, 0.25) is 0 Å². The summed E-state index contributed by atoms with van der Waals surface area (Å²) >= 11 is 1.68. The van der Waals surface area contributed by atoms with Gasteiger partial charge in [-0.15, -0.1) is 11.3 Å². The van der Waals surface area contributed by atoms with Crippen LogP contribution in [0.1, 0.15) is 48.1 Å². The average molecular weight is 366 g/mol. The van der Waals surface area contributed by atoms with Gasteiger partial charge in [0.1, 0.15) is 0 Å². The van der Waals surface area contributed by atoms with E-state index < -0.39 is 0 Å². The largest absolute Gasteiger partial charge is 0.325 e. The van der Waals surface area contributed by atoms with Gasteiger partial charge in [0, 0.05) is 17.1 Å². The van der Waals surface area contributed by atoms with E-state index in [1.807, 2.05) is 17.0 Å². The zero-order valence-electron chi connectivity index (χ0n) is 14.7. The number of carbonyl (C=O) groups is 2. The van der Waals surface area contributed by atoms with Crippen molar-refractivity contribution in [3.05, 3.63) is 45.6 Å². The lowest BCUT2D eigenvalue weighted by Gasteiger charge is -2.28. The molecule has 1 aromatic heterocycles. The standard InChI is InChI=1S/C21H22N2O2S/c24-18-13-15-12-16(11-14-5-3-9-23(18)19(14)15)22-20(25)21(7-1-2-8-21)17-6-4-10-26-17/h4,6,10-12H,1-3,5,7-9,13H2,(H,22,25). The molecule has 1 aliphatic carbocycles. The number of nitrogens with one attached hydrogen (secondary N) is 1. The lowest BCUT2D eigenvalue weighted by Crippen LogP contribution is -2.37. The Hall–Kier alpha value is -2.14. The Morgan fingerprint density at radius 2 is 1.96 bits per heavy atom. The molecule has 26 heavy (non-hydrogen) atoms. The van der Waals surface area contributed by atoms with Gasteiger partial charge in [-0.25, -0.2) is 0 Å². The van der Waals surface area contributed by atoms with Gasteiger partial charge < -0.3 is 10.2 Å². The molecule has 0 unspecified atom stereocenters. The molecule has 5 rings (SSSR count). The predicted octanol–water partition coefficient (Wildman–Crippen LogP) is 4.03. The van der Waals surface area contributed by atoms with Crippen molar-refractivity contribution in [2.75, 3.05) is 16.8 Å². The lowest BCUT2D eigenvalue weighted by atomic mass is 9.83. The molecule has 134 valence electrons. The van der Waals surface area contributed by atoms with Crippen LogP contribution >= 0.6 is 11.3 Å². The highest BCUT2D eigenvalue weighted by molar-refractivity contribution is 7.10. The molecule has 0 atom stereocenters. The maximum absolute atomic E-state index is 13.3. The summed E-state index contributed by atoms with van der Waals surface area (Å²) in [5.74, 6) is 0.303. The molecule has 4 nitrogen and oxygen atoms in total. The first-order chi connectivity index (χ1) is 12.7. The third-order valence-corrected chi connectivity index (χ3v) is 7.22. The second-order valence-electron chi connectivity index (χ2n) is 7.69. The molecule has 0 saturated heterocycles. The van der Waals surface area contributed by atoms with Crippen LogP contribution in [0.5, 0.6) is 0 Å². The van der Waals surface area contributed by atoms with Crippen molar-refractivity contribution < 1.29 is 9.59 Å². The normalized spacial score (nSPS) is 20.3. The molecule has 2 amide bonds. The summed E-state index contributed by atoms with van der Waals surface area (Å²) in [6.07, 6.45) is 6.48. The van der Waals surface area contributed by atoms with Gasteiger partial charge in [0.2, 0.25) is 11.8 Å². The van der Waals surface area contributed by atoms with Gasteiger partial charge in [-0.1, -0.05) is 18.9 Å². The van der Waals surface area contributed by atoms with Gasteiger partial charge in [0.15, 0.2) is 0 Å². The maximum atomic E-state index is 13.3. The third-order valence-electron chi connectivity index (χ3n) is 6.15. The molecule has 0 radical (unpaired) electrons. The molecule has 0 bridgehead atoms. The van der Waals surface area contributed by atoms with Crippen molar-refractivity contribution in [1.29, 1.82) is 0 Å². The molecule has 5 heteroatoms. The Labute approximate surface area is 157 Å². The summed E-state index contributed by atoms with van der Waals surface area (Å²) in [4.78, 5) is 28.6. The summed E-state index contributed by atoms with van der Waals surface area (Å²) < 4.78 is 0. The van der Waals surface area contributed by atoms with Crippen LogP contribution in [-0.2, 0) is 27.8 Å². The summed E-state index contributed by atoms with van der Waals surface area (Å²) in [5, 5.41) is 5.27. The first-order valence-electron chi connectivity index (χ1n) is 9.49. The van der Waals surface area contributed by atoms with Gasteiger partial charge in [-0.05, 0) is 60.4 Å². The Balaban J connectivity index is 1.48. The van der Waals surface area contributed by atoms with Crippen LogP contribution in [-0.4, -0.2) is 18.4 Å². The van der Waals surface area contributed by atoms with Gasteiger partial charge in [0.05, 0.1) is 17.5 Å². The first-order valence-corrected chi connectivity index (χ1v) is 10.4. The number of benzene rings is 1. The predicted molar refractivity (Wildman–Crippen MR) is 104 cm³/mol. The van der Waals surface area contributed by atoms with Gasteiger partial charge >= 0.3 is 0 Å². The van der Waals surface area contributed by atoms with Crippen LogP contribution in [0.4, 0.5) is 11.4 Å². The molecule has 2 aliphatic heterocycles. The fourth-order valence-corrected chi connectivity index (χ4v) is 5.90. The number of hydrogen-bond donors (Lipinski definition) is 1. The van der Waals surface area contributed by atoms with E-state index in [1.54, 1.807) is 11.3 Å². The van der Waals surface area contributed by atoms with Crippen molar-refractivity contribution >= 4 is 34.5 Å². The number of nitrogens with zero attached hydrogens (tertiary/aromatic N) is 1. The summed E-state index contributed by atoms with van der Waals surface area (Å²) in [7, 11) is 0. The van der Waals surface area contributed by atoms with Crippen LogP contribution in [0.3, 0.4) is 0 Å². The minimum Gasteiger partial charge on any atom is -0.325 e. The second-order valence-corrected chi connectivity index (χ2v) is 8.64. The number of carbonyl (C=O) groups excluding carboxylic acids is 2. The van der Waals surface area contributed by atoms with Crippen LogP contribution in [0, 0.1) is 0 Å². The van der Waals surface area contributed by atoms with Crippen LogP contribution in [0.15, 0.2) is 29.6 Å². The molecule has 1 saturated carbocycles. The SMILES string of the molecule is O=C1Cc2cc(NC(=O)C3(c4cccs4)CCCC3)cc3c2N1CCC3. The molecular formula is C21H22N2O2S. The molecule has 0 spiro atoms. The van der Waals surface area contributed by atoms with Crippen molar-refractivity contribution in [3.8, 4) is 0 Å². The van der Waals surface area contributed by atoms with E-state index in [4.69, 9.17) is 0 Å². The molecule has 1 N–H and O–H groups in total. The third kappa shape index (κ3) is 2.33. The Morgan fingerprint density at radius 1 is 1.15 bits per heavy atom. The van der Waals surface area contributed by atoms with E-state index >= 15 is 0 Å². The van der Waals surface area contributed by atoms with Gasteiger partial charge in [-0.3, -0.25) is 9.59 Å². The molecule has 1 fully saturated rings. The van der Waals surface area contributed by atoms with E-state index in [0.29, 0.717) is 6.42 Å². The molecule has 1 aromatic carbocycles. The quantitative estimate of drug-likeness (QED) is 0.891. The molecule has 2 aromatic rings. The van der Waals surface area contributed by atoms with E-state index in [0.717, 1.165) is 62.0 Å². The highest BCUT2D eigenvalue weighted by atomic mass is 32.1. The number of thiophene rings is 1. The number of aryl methyl sites for hydroxylation is 1. The summed E-state index contributed by atoms with van der Waals surface area (Å²) in [6, 6.07) is 8.22. The topological polar surface area (TPSA) is 49.4 Å². The first kappa shape index (κ1) is 16.1. The van der Waals surface area contributed by atoms with Crippen molar-refractivity contribution in [1.82, 2.24) is 0 Å². The van der Waals surface area contributed by atoms with E-state index in [-0.39, 0.29) is 17.2 Å². The molecule has 3 heterocycles. The smallest absolute Gasteiger partial charge is 0.235 e. The van der Waals surface area contributed by atoms with Crippen LogP contribution < -0.4 is 10.2 Å². The minimum atomic E-state index is -0.383. The Kier molecular flexibility index (Phi) is 3.67. The molecule has 3 aliphatic rings. The maximum Gasteiger partial charge on any atom is 0.235 e. The fourth-order valence-electron chi connectivity index (χ4n) is 4.92. The highest BCUT2D eigenvalue weighted by Gasteiger charge is 2.43. The van der Waals surface area contributed by atoms with Crippen molar-refractivity contribution in [3.63, 3.8) is 0 Å². The fraction of sp³-hybridized carbons (Fsp3) is 0.429. The lowest BCUT2D eigenvalue weighted by molar-refractivity contribution is -0.121. The zero-order valence-corrected chi connectivity index (χ0v) is 15.5. The monoisotopic (exact) mass is 366 g/mol. The summed E-state index contributed by atoms with van der Waals surface area (Å²) in [6.45, 7) is 0.825. The number of rotatable bonds is 3. The van der Waals surface area contributed by atoms with Gasteiger partial charge in [0.25, 0.3) is 0 Å². The van der Waals surface area contributed by atoms with E-state index in [1.165, 1.54) is 10.4 Å². The molecular weight excluding hydrogens is 344 g/mol. The zero-order chi connectivity index (χ0) is 17.7. The van der Waals surface area contributed by atoms with Crippen LogP contribution in [0.25, 0.3) is 0 Å². The number of amides is 2. The number of anilines is 2. The van der Waals surface area contributed by atoms with E-state index in [9.17, 15) is 9.59 Å². The Bertz CT molecular complexity index is 882. The second kappa shape index (κ2) is 5.95. The van der Waals surface area contributed by atoms with E-state index in [2.05, 4.69) is 22.8 Å². The highest BCUT2D eigenvalue weighted by Crippen LogP contribution is 2.44. The van der Waals surface area contributed by atoms with Gasteiger partial charge in [-0.2, -0.15) is 0 Å². The van der Waals surface area contributed by atoms with Crippen molar-refractivity contribution in [2.45, 2.75) is 50.4 Å². The number of hydrogen-bond acceptors (Lipinski definition) is 3. The minimum absolute atomic E-state index is 0.113. The van der Waals surface area contributed by atoms with Crippen molar-refractivity contribution in [2.24, 2.45) is 0 Å². The Morgan fingerprint density at radius 3 is 2.73 bits per heavy atom. The summed E-state index contributed by atoms with van der Waals surface area (Å²) in [5.41, 5.74) is 3.84. The average Bonchev–Trinajstić information content (AvgIpc) is 3.36.